The molecule has 0 saturated heterocycles. The van der Waals surface area contributed by atoms with E-state index in [4.69, 9.17) is 15.3 Å². The van der Waals surface area contributed by atoms with Gasteiger partial charge in [0, 0.05) is 0 Å². The van der Waals surface area contributed by atoms with Gasteiger partial charge in [0.1, 0.15) is 11.5 Å². The fourth-order valence-electron chi connectivity index (χ4n) is 2.07. The SMILES string of the molecule is CCC(C)(C)C(NN)c1c(OC)cccc1OC. The average molecular weight is 252 g/mol. The van der Waals surface area contributed by atoms with Crippen LogP contribution in [0.3, 0.4) is 0 Å². The molecule has 18 heavy (non-hydrogen) atoms. The van der Waals surface area contributed by atoms with E-state index < -0.39 is 0 Å². The highest BCUT2D eigenvalue weighted by Crippen LogP contribution is 2.43. The lowest BCUT2D eigenvalue weighted by Gasteiger charge is -2.34. The largest absolute Gasteiger partial charge is 0.496 e. The zero-order chi connectivity index (χ0) is 13.8. The van der Waals surface area contributed by atoms with E-state index in [9.17, 15) is 0 Å². The molecule has 1 unspecified atom stereocenters. The van der Waals surface area contributed by atoms with E-state index in [0.717, 1.165) is 23.5 Å². The summed E-state index contributed by atoms with van der Waals surface area (Å²) in [5, 5.41) is 0. The van der Waals surface area contributed by atoms with Crippen molar-refractivity contribution >= 4 is 0 Å². The molecule has 1 aromatic rings. The molecule has 0 aromatic heterocycles. The second-order valence-electron chi connectivity index (χ2n) is 5.02. The van der Waals surface area contributed by atoms with Crippen molar-refractivity contribution in [1.29, 1.82) is 0 Å². The number of nitrogens with one attached hydrogen (secondary N) is 1. The zero-order valence-electron chi connectivity index (χ0n) is 11.9. The Labute approximate surface area is 109 Å². The molecule has 0 spiro atoms. The molecule has 3 N–H and O–H groups in total. The normalized spacial score (nSPS) is 13.2. The van der Waals surface area contributed by atoms with Crippen LogP contribution in [0.4, 0.5) is 0 Å². The Hall–Kier alpha value is -1.26. The van der Waals surface area contributed by atoms with Crippen molar-refractivity contribution in [1.82, 2.24) is 5.43 Å². The Kier molecular flexibility index (Phi) is 4.99. The van der Waals surface area contributed by atoms with Gasteiger partial charge in [-0.2, -0.15) is 0 Å². The van der Waals surface area contributed by atoms with Crippen molar-refractivity contribution in [3.8, 4) is 11.5 Å². The third kappa shape index (κ3) is 2.76. The van der Waals surface area contributed by atoms with Crippen molar-refractivity contribution < 1.29 is 9.47 Å². The molecule has 0 aliphatic heterocycles. The first kappa shape index (κ1) is 14.8. The molecule has 0 radical (unpaired) electrons. The van der Waals surface area contributed by atoms with Crippen molar-refractivity contribution in [3.63, 3.8) is 0 Å². The molecular weight excluding hydrogens is 228 g/mol. The summed E-state index contributed by atoms with van der Waals surface area (Å²) in [7, 11) is 3.32. The second kappa shape index (κ2) is 6.07. The van der Waals surface area contributed by atoms with Gasteiger partial charge in [0.15, 0.2) is 0 Å². The number of nitrogens with two attached hydrogens (primary N) is 1. The van der Waals surface area contributed by atoms with Gasteiger partial charge in [-0.25, -0.2) is 0 Å². The van der Waals surface area contributed by atoms with Gasteiger partial charge in [0.25, 0.3) is 0 Å². The molecule has 1 rings (SSSR count). The first-order chi connectivity index (χ1) is 8.51. The number of hydrogen-bond acceptors (Lipinski definition) is 4. The highest BCUT2D eigenvalue weighted by atomic mass is 16.5. The molecule has 1 atom stereocenters. The molecule has 4 nitrogen and oxygen atoms in total. The Morgan fingerprint density at radius 2 is 1.72 bits per heavy atom. The first-order valence-corrected chi connectivity index (χ1v) is 6.18. The number of ether oxygens (including phenoxy) is 2. The molecule has 102 valence electrons. The minimum absolute atomic E-state index is 0.00331. The van der Waals surface area contributed by atoms with Gasteiger partial charge in [-0.3, -0.25) is 11.3 Å². The Morgan fingerprint density at radius 3 is 2.06 bits per heavy atom. The predicted octanol–water partition coefficient (Wildman–Crippen LogP) is 2.64. The first-order valence-electron chi connectivity index (χ1n) is 6.18. The van der Waals surface area contributed by atoms with E-state index in [0.29, 0.717) is 0 Å². The quantitative estimate of drug-likeness (QED) is 0.603. The van der Waals surface area contributed by atoms with E-state index in [2.05, 4.69) is 26.2 Å². The van der Waals surface area contributed by atoms with Gasteiger partial charge in [-0.15, -0.1) is 0 Å². The summed E-state index contributed by atoms with van der Waals surface area (Å²) in [6.45, 7) is 6.49. The van der Waals surface area contributed by atoms with Crippen LogP contribution in [0.15, 0.2) is 18.2 Å². The van der Waals surface area contributed by atoms with Crippen LogP contribution in [0.25, 0.3) is 0 Å². The molecule has 0 fully saturated rings. The van der Waals surface area contributed by atoms with Crippen LogP contribution in [-0.4, -0.2) is 14.2 Å². The molecular formula is C14H24N2O2. The number of rotatable bonds is 6. The lowest BCUT2D eigenvalue weighted by Crippen LogP contribution is -2.38. The van der Waals surface area contributed by atoms with Crippen LogP contribution in [0.1, 0.15) is 38.8 Å². The fraction of sp³-hybridized carbons (Fsp3) is 0.571. The summed E-state index contributed by atoms with van der Waals surface area (Å²) in [4.78, 5) is 0. The molecule has 0 heterocycles. The Balaban J connectivity index is 3.35. The van der Waals surface area contributed by atoms with Crippen molar-refractivity contribution in [3.05, 3.63) is 23.8 Å². The maximum Gasteiger partial charge on any atom is 0.127 e. The zero-order valence-corrected chi connectivity index (χ0v) is 11.9. The van der Waals surface area contributed by atoms with Gasteiger partial charge in [0.2, 0.25) is 0 Å². The minimum Gasteiger partial charge on any atom is -0.496 e. The van der Waals surface area contributed by atoms with Gasteiger partial charge >= 0.3 is 0 Å². The van der Waals surface area contributed by atoms with E-state index in [-0.39, 0.29) is 11.5 Å². The molecule has 0 aliphatic carbocycles. The molecule has 0 bridgehead atoms. The van der Waals surface area contributed by atoms with E-state index >= 15 is 0 Å². The third-order valence-electron chi connectivity index (χ3n) is 3.61. The van der Waals surface area contributed by atoms with Crippen LogP contribution >= 0.6 is 0 Å². The minimum atomic E-state index is -0.0337. The standard InChI is InChI=1S/C14H24N2O2/c1-6-14(2,3)13(16-15)12-10(17-4)8-7-9-11(12)18-5/h7-9,13,16H,6,15H2,1-5H3. The second-order valence-corrected chi connectivity index (χ2v) is 5.02. The number of methoxy groups -OCH3 is 2. The topological polar surface area (TPSA) is 56.5 Å². The van der Waals surface area contributed by atoms with Crippen molar-refractivity contribution in [2.45, 2.75) is 33.2 Å². The molecule has 1 aromatic carbocycles. The molecule has 0 aliphatic rings. The average Bonchev–Trinajstić information content (AvgIpc) is 2.39. The summed E-state index contributed by atoms with van der Waals surface area (Å²) >= 11 is 0. The van der Waals surface area contributed by atoms with Crippen LogP contribution in [0.5, 0.6) is 11.5 Å². The van der Waals surface area contributed by atoms with Gasteiger partial charge in [-0.1, -0.05) is 26.8 Å². The fourth-order valence-corrected chi connectivity index (χ4v) is 2.07. The van der Waals surface area contributed by atoms with Crippen LogP contribution in [0.2, 0.25) is 0 Å². The monoisotopic (exact) mass is 252 g/mol. The maximum atomic E-state index is 5.75. The summed E-state index contributed by atoms with van der Waals surface area (Å²) in [5.74, 6) is 7.33. The maximum absolute atomic E-state index is 5.75. The smallest absolute Gasteiger partial charge is 0.127 e. The summed E-state index contributed by atoms with van der Waals surface area (Å²) < 4.78 is 10.9. The van der Waals surface area contributed by atoms with Crippen LogP contribution in [0, 0.1) is 5.41 Å². The summed E-state index contributed by atoms with van der Waals surface area (Å²) in [6.07, 6.45) is 0.989. The summed E-state index contributed by atoms with van der Waals surface area (Å²) in [5.41, 5.74) is 3.86. The van der Waals surface area contributed by atoms with Gasteiger partial charge < -0.3 is 9.47 Å². The van der Waals surface area contributed by atoms with Crippen LogP contribution in [-0.2, 0) is 0 Å². The predicted molar refractivity (Wildman–Crippen MR) is 73.7 cm³/mol. The Bertz CT molecular complexity index is 369. The molecule has 0 saturated carbocycles. The third-order valence-corrected chi connectivity index (χ3v) is 3.61. The van der Waals surface area contributed by atoms with Gasteiger partial charge in [0.05, 0.1) is 25.8 Å². The number of benzene rings is 1. The van der Waals surface area contributed by atoms with Crippen LogP contribution < -0.4 is 20.7 Å². The van der Waals surface area contributed by atoms with E-state index in [1.165, 1.54) is 0 Å². The highest BCUT2D eigenvalue weighted by molar-refractivity contribution is 5.47. The number of hydrogen-bond donors (Lipinski definition) is 2. The van der Waals surface area contributed by atoms with Crippen molar-refractivity contribution in [2.24, 2.45) is 11.3 Å². The highest BCUT2D eigenvalue weighted by Gasteiger charge is 2.32. The number of hydrazine groups is 1. The lowest BCUT2D eigenvalue weighted by atomic mass is 9.78. The van der Waals surface area contributed by atoms with E-state index in [1.54, 1.807) is 14.2 Å². The molecule has 0 amide bonds. The molecule has 4 heteroatoms. The Morgan fingerprint density at radius 1 is 1.22 bits per heavy atom. The van der Waals surface area contributed by atoms with Gasteiger partial charge in [-0.05, 0) is 24.0 Å². The van der Waals surface area contributed by atoms with E-state index in [1.807, 2.05) is 18.2 Å². The van der Waals surface area contributed by atoms with Crippen molar-refractivity contribution in [2.75, 3.05) is 14.2 Å². The lowest BCUT2D eigenvalue weighted by molar-refractivity contribution is 0.224. The summed E-state index contributed by atoms with van der Waals surface area (Å²) in [6, 6.07) is 5.73.